The molecule has 0 unspecified atom stereocenters. The maximum absolute atomic E-state index is 5.73. The Hall–Kier alpha value is -0.980. The number of aryl methyl sites for hydroxylation is 1. The predicted octanol–water partition coefficient (Wildman–Crippen LogP) is 0.913. The van der Waals surface area contributed by atoms with Crippen molar-refractivity contribution in [3.8, 4) is 0 Å². The molecule has 1 aromatic heterocycles. The minimum absolute atomic E-state index is 0.0119. The van der Waals surface area contributed by atoms with Gasteiger partial charge in [0.15, 0.2) is 5.82 Å². The van der Waals surface area contributed by atoms with E-state index in [-0.39, 0.29) is 6.10 Å². The van der Waals surface area contributed by atoms with Crippen LogP contribution in [-0.2, 0) is 9.47 Å². The zero-order valence-electron chi connectivity index (χ0n) is 11.5. The minimum Gasteiger partial charge on any atom is -0.380 e. The molecule has 0 spiro atoms. The zero-order chi connectivity index (χ0) is 13.1. The molecule has 2 aliphatic rings. The number of nitrogens with one attached hydrogen (secondary N) is 1. The SMILES string of the molecule is Cc1nc([C@@H]2CN(CCOCC3CC3)CCO2)n[nH]1. The molecule has 6 heteroatoms. The van der Waals surface area contributed by atoms with E-state index in [1.165, 1.54) is 12.8 Å². The second-order valence-corrected chi connectivity index (χ2v) is 5.46. The molecule has 0 aromatic carbocycles. The topological polar surface area (TPSA) is 63.3 Å². The standard InChI is InChI=1S/C13H22N4O2/c1-10-14-13(16-15-10)12-8-17(5-7-19-12)4-6-18-9-11-2-3-11/h11-12H,2-9H2,1H3,(H,14,15,16)/t12-/m0/s1. The summed E-state index contributed by atoms with van der Waals surface area (Å²) in [6, 6.07) is 0. The third-order valence-corrected chi connectivity index (χ3v) is 3.66. The average Bonchev–Trinajstić information content (AvgIpc) is 3.15. The van der Waals surface area contributed by atoms with Gasteiger partial charge in [0.25, 0.3) is 0 Å². The fraction of sp³-hybridized carbons (Fsp3) is 0.846. The number of hydrogen-bond acceptors (Lipinski definition) is 5. The molecule has 1 atom stereocenters. The molecule has 0 bridgehead atoms. The molecule has 19 heavy (non-hydrogen) atoms. The lowest BCUT2D eigenvalue weighted by Gasteiger charge is -2.31. The van der Waals surface area contributed by atoms with E-state index >= 15 is 0 Å². The van der Waals surface area contributed by atoms with Crippen LogP contribution in [0.15, 0.2) is 0 Å². The smallest absolute Gasteiger partial charge is 0.180 e. The quantitative estimate of drug-likeness (QED) is 0.776. The molecule has 1 saturated heterocycles. The van der Waals surface area contributed by atoms with E-state index in [1.54, 1.807) is 0 Å². The van der Waals surface area contributed by atoms with Gasteiger partial charge in [-0.15, -0.1) is 0 Å². The normalized spacial score (nSPS) is 24.8. The number of nitrogens with zero attached hydrogens (tertiary/aromatic N) is 3. The van der Waals surface area contributed by atoms with Gasteiger partial charge in [0.2, 0.25) is 0 Å². The molecule has 0 radical (unpaired) electrons. The minimum atomic E-state index is -0.0119. The van der Waals surface area contributed by atoms with Gasteiger partial charge in [0.1, 0.15) is 11.9 Å². The lowest BCUT2D eigenvalue weighted by molar-refractivity contribution is -0.0419. The van der Waals surface area contributed by atoms with E-state index in [1.807, 2.05) is 6.92 Å². The van der Waals surface area contributed by atoms with Gasteiger partial charge in [-0.05, 0) is 25.7 Å². The molecule has 0 amide bonds. The van der Waals surface area contributed by atoms with Crippen molar-refractivity contribution in [2.45, 2.75) is 25.9 Å². The van der Waals surface area contributed by atoms with E-state index in [9.17, 15) is 0 Å². The second kappa shape index (κ2) is 5.98. The van der Waals surface area contributed by atoms with Gasteiger partial charge in [-0.25, -0.2) is 4.98 Å². The second-order valence-electron chi connectivity index (χ2n) is 5.46. The first-order valence-corrected chi connectivity index (χ1v) is 7.12. The Balaban J connectivity index is 1.42. The highest BCUT2D eigenvalue weighted by atomic mass is 16.5. The Kier molecular flexibility index (Phi) is 4.10. The summed E-state index contributed by atoms with van der Waals surface area (Å²) < 4.78 is 11.4. The molecule has 2 fully saturated rings. The van der Waals surface area contributed by atoms with Crippen molar-refractivity contribution >= 4 is 0 Å². The third-order valence-electron chi connectivity index (χ3n) is 3.66. The highest BCUT2D eigenvalue weighted by Gasteiger charge is 2.25. The molecule has 106 valence electrons. The van der Waals surface area contributed by atoms with Gasteiger partial charge in [0.05, 0.1) is 13.2 Å². The summed E-state index contributed by atoms with van der Waals surface area (Å²) in [5.41, 5.74) is 0. The van der Waals surface area contributed by atoms with Crippen molar-refractivity contribution in [1.29, 1.82) is 0 Å². The first-order chi connectivity index (χ1) is 9.31. The highest BCUT2D eigenvalue weighted by molar-refractivity contribution is 4.95. The molecule has 1 saturated carbocycles. The van der Waals surface area contributed by atoms with Crippen molar-refractivity contribution in [3.05, 3.63) is 11.6 Å². The first-order valence-electron chi connectivity index (χ1n) is 7.12. The van der Waals surface area contributed by atoms with E-state index in [0.717, 1.165) is 57.0 Å². The summed E-state index contributed by atoms with van der Waals surface area (Å²) >= 11 is 0. The van der Waals surface area contributed by atoms with E-state index in [2.05, 4.69) is 20.1 Å². The Labute approximate surface area is 113 Å². The highest BCUT2D eigenvalue weighted by Crippen LogP contribution is 2.28. The summed E-state index contributed by atoms with van der Waals surface area (Å²) in [7, 11) is 0. The van der Waals surface area contributed by atoms with Crippen molar-refractivity contribution in [2.75, 3.05) is 39.5 Å². The van der Waals surface area contributed by atoms with E-state index in [4.69, 9.17) is 9.47 Å². The molecule has 1 N–H and O–H groups in total. The van der Waals surface area contributed by atoms with Crippen LogP contribution < -0.4 is 0 Å². The average molecular weight is 266 g/mol. The van der Waals surface area contributed by atoms with Crippen molar-refractivity contribution in [3.63, 3.8) is 0 Å². The maximum atomic E-state index is 5.73. The van der Waals surface area contributed by atoms with Crippen LogP contribution in [0.4, 0.5) is 0 Å². The molecule has 6 nitrogen and oxygen atoms in total. The van der Waals surface area contributed by atoms with E-state index < -0.39 is 0 Å². The fourth-order valence-corrected chi connectivity index (χ4v) is 2.29. The summed E-state index contributed by atoms with van der Waals surface area (Å²) in [5.74, 6) is 2.44. The van der Waals surface area contributed by atoms with Crippen LogP contribution in [0.1, 0.15) is 30.6 Å². The molecule has 1 aromatic rings. The first kappa shape index (κ1) is 13.0. The van der Waals surface area contributed by atoms with Crippen LogP contribution in [0.2, 0.25) is 0 Å². The van der Waals surface area contributed by atoms with Gasteiger partial charge >= 0.3 is 0 Å². The molecular weight excluding hydrogens is 244 g/mol. The van der Waals surface area contributed by atoms with E-state index in [0.29, 0.717) is 0 Å². The van der Waals surface area contributed by atoms with Crippen molar-refractivity contribution in [2.24, 2.45) is 5.92 Å². The number of ether oxygens (including phenoxy) is 2. The molecule has 1 aliphatic carbocycles. The number of aromatic nitrogens is 3. The molecule has 3 rings (SSSR count). The summed E-state index contributed by atoms with van der Waals surface area (Å²) in [4.78, 5) is 6.71. The summed E-state index contributed by atoms with van der Waals surface area (Å²) in [6.07, 6.45) is 2.69. The zero-order valence-corrected chi connectivity index (χ0v) is 11.5. The van der Waals surface area contributed by atoms with Gasteiger partial charge in [-0.2, -0.15) is 5.10 Å². The lowest BCUT2D eigenvalue weighted by atomic mass is 10.2. The monoisotopic (exact) mass is 266 g/mol. The molecular formula is C13H22N4O2. The Morgan fingerprint density at radius 1 is 1.47 bits per heavy atom. The van der Waals surface area contributed by atoms with Crippen LogP contribution in [-0.4, -0.2) is 59.5 Å². The molecule has 2 heterocycles. The van der Waals surface area contributed by atoms with Crippen molar-refractivity contribution < 1.29 is 9.47 Å². The number of H-pyrrole nitrogens is 1. The number of morpholine rings is 1. The third kappa shape index (κ3) is 3.75. The van der Waals surface area contributed by atoms with Crippen LogP contribution >= 0.6 is 0 Å². The largest absolute Gasteiger partial charge is 0.380 e. The van der Waals surface area contributed by atoms with Gasteiger partial charge < -0.3 is 9.47 Å². The number of rotatable bonds is 6. The predicted molar refractivity (Wildman–Crippen MR) is 69.8 cm³/mol. The Bertz CT molecular complexity index is 405. The maximum Gasteiger partial charge on any atom is 0.180 e. The van der Waals surface area contributed by atoms with Crippen LogP contribution in [0.25, 0.3) is 0 Å². The molecule has 1 aliphatic heterocycles. The van der Waals surface area contributed by atoms with Crippen molar-refractivity contribution in [1.82, 2.24) is 20.1 Å². The summed E-state index contributed by atoms with van der Waals surface area (Å²) in [5, 5.41) is 7.05. The Morgan fingerprint density at radius 3 is 3.11 bits per heavy atom. The number of hydrogen-bond donors (Lipinski definition) is 1. The fourth-order valence-electron chi connectivity index (χ4n) is 2.29. The Morgan fingerprint density at radius 2 is 2.37 bits per heavy atom. The lowest BCUT2D eigenvalue weighted by Crippen LogP contribution is -2.40. The van der Waals surface area contributed by atoms with Gasteiger partial charge in [0, 0.05) is 26.2 Å². The summed E-state index contributed by atoms with van der Waals surface area (Å²) in [6.45, 7) is 7.18. The van der Waals surface area contributed by atoms with Crippen LogP contribution in [0, 0.1) is 12.8 Å². The van der Waals surface area contributed by atoms with Gasteiger partial charge in [-0.3, -0.25) is 10.00 Å². The van der Waals surface area contributed by atoms with Crippen LogP contribution in [0.3, 0.4) is 0 Å². The van der Waals surface area contributed by atoms with Crippen LogP contribution in [0.5, 0.6) is 0 Å². The number of aromatic amines is 1. The van der Waals surface area contributed by atoms with Gasteiger partial charge in [-0.1, -0.05) is 0 Å².